The quantitative estimate of drug-likeness (QED) is 0.757. The molecule has 0 bridgehead atoms. The van der Waals surface area contributed by atoms with Gasteiger partial charge in [0.15, 0.2) is 5.82 Å². The van der Waals surface area contributed by atoms with Crippen molar-refractivity contribution in [3.63, 3.8) is 0 Å². The van der Waals surface area contributed by atoms with Gasteiger partial charge >= 0.3 is 5.97 Å². The Labute approximate surface area is 114 Å². The van der Waals surface area contributed by atoms with E-state index in [4.69, 9.17) is 5.11 Å². The van der Waals surface area contributed by atoms with E-state index in [2.05, 4.69) is 19.9 Å². The molecule has 0 spiro atoms. The summed E-state index contributed by atoms with van der Waals surface area (Å²) in [6.45, 7) is 1.85. The zero-order valence-electron chi connectivity index (χ0n) is 10.8. The Morgan fingerprint density at radius 2 is 2.25 bits per heavy atom. The zero-order valence-corrected chi connectivity index (χ0v) is 10.8. The standard InChI is InChI=1S/C14H12N4O2/c1-8-12-10(5-11(19)20)7-16-14(12)18-13(17-8)9-3-2-4-15-6-9/h2-4,6-7H,5H2,1H3,(H,19,20)(H,16,17,18). The van der Waals surface area contributed by atoms with Crippen LogP contribution in [0.1, 0.15) is 11.3 Å². The second-order valence-electron chi connectivity index (χ2n) is 4.48. The molecule has 0 unspecified atom stereocenters. The maximum atomic E-state index is 10.8. The molecule has 3 heterocycles. The number of carboxylic acids is 1. The van der Waals surface area contributed by atoms with Crippen LogP contribution in [0.15, 0.2) is 30.7 Å². The minimum Gasteiger partial charge on any atom is -0.481 e. The average Bonchev–Trinajstić information content (AvgIpc) is 2.82. The van der Waals surface area contributed by atoms with Gasteiger partial charge in [0.05, 0.1) is 12.1 Å². The molecule has 6 heteroatoms. The highest BCUT2D eigenvalue weighted by Crippen LogP contribution is 2.23. The van der Waals surface area contributed by atoms with E-state index >= 15 is 0 Å². The van der Waals surface area contributed by atoms with Crippen LogP contribution in [-0.4, -0.2) is 31.0 Å². The molecule has 0 saturated heterocycles. The van der Waals surface area contributed by atoms with Crippen LogP contribution in [-0.2, 0) is 11.2 Å². The molecule has 20 heavy (non-hydrogen) atoms. The highest BCUT2D eigenvalue weighted by Gasteiger charge is 2.13. The first-order chi connectivity index (χ1) is 9.65. The molecule has 0 fully saturated rings. The van der Waals surface area contributed by atoms with Crippen molar-refractivity contribution in [3.05, 3.63) is 42.0 Å². The summed E-state index contributed by atoms with van der Waals surface area (Å²) >= 11 is 0. The third-order valence-corrected chi connectivity index (χ3v) is 3.06. The van der Waals surface area contributed by atoms with E-state index in [9.17, 15) is 4.79 Å². The number of hydrogen-bond donors (Lipinski definition) is 2. The number of pyridine rings is 1. The molecular formula is C14H12N4O2. The van der Waals surface area contributed by atoms with Crippen molar-refractivity contribution in [3.8, 4) is 11.4 Å². The predicted octanol–water partition coefficient (Wildman–Crippen LogP) is 1.96. The lowest BCUT2D eigenvalue weighted by molar-refractivity contribution is -0.136. The second kappa shape index (κ2) is 4.73. The Bertz CT molecular complexity index is 780. The van der Waals surface area contributed by atoms with Gasteiger partial charge in [-0.1, -0.05) is 0 Å². The monoisotopic (exact) mass is 268 g/mol. The van der Waals surface area contributed by atoms with E-state index in [1.165, 1.54) is 0 Å². The molecule has 0 aliphatic heterocycles. The summed E-state index contributed by atoms with van der Waals surface area (Å²) in [4.78, 5) is 26.8. The first-order valence-corrected chi connectivity index (χ1v) is 6.12. The van der Waals surface area contributed by atoms with Crippen LogP contribution in [0.4, 0.5) is 0 Å². The van der Waals surface area contributed by atoms with Crippen LogP contribution in [0, 0.1) is 6.92 Å². The van der Waals surface area contributed by atoms with Crippen molar-refractivity contribution in [1.29, 1.82) is 0 Å². The SMILES string of the molecule is Cc1nc(-c2cccnc2)nc2[nH]cc(CC(=O)O)c12. The van der Waals surface area contributed by atoms with Crippen LogP contribution in [0.5, 0.6) is 0 Å². The summed E-state index contributed by atoms with van der Waals surface area (Å²) < 4.78 is 0. The van der Waals surface area contributed by atoms with Gasteiger partial charge in [0, 0.05) is 29.5 Å². The number of rotatable bonds is 3. The molecule has 0 radical (unpaired) electrons. The summed E-state index contributed by atoms with van der Waals surface area (Å²) in [5, 5.41) is 9.68. The third-order valence-electron chi connectivity index (χ3n) is 3.06. The fourth-order valence-electron chi connectivity index (χ4n) is 2.22. The largest absolute Gasteiger partial charge is 0.481 e. The highest BCUT2D eigenvalue weighted by molar-refractivity contribution is 5.87. The van der Waals surface area contributed by atoms with Gasteiger partial charge < -0.3 is 10.1 Å². The number of aryl methyl sites for hydroxylation is 1. The number of nitrogens with zero attached hydrogens (tertiary/aromatic N) is 3. The minimum absolute atomic E-state index is 0.0452. The number of carbonyl (C=O) groups is 1. The van der Waals surface area contributed by atoms with Crippen molar-refractivity contribution in [1.82, 2.24) is 19.9 Å². The van der Waals surface area contributed by atoms with E-state index in [1.807, 2.05) is 19.1 Å². The number of hydrogen-bond acceptors (Lipinski definition) is 4. The Morgan fingerprint density at radius 1 is 1.40 bits per heavy atom. The summed E-state index contributed by atoms with van der Waals surface area (Å²) in [6, 6.07) is 3.71. The Hall–Kier alpha value is -2.76. The van der Waals surface area contributed by atoms with Gasteiger partial charge in [-0.3, -0.25) is 9.78 Å². The Morgan fingerprint density at radius 3 is 2.95 bits per heavy atom. The summed E-state index contributed by atoms with van der Waals surface area (Å²) in [5.74, 6) is -0.298. The molecule has 0 aliphatic carbocycles. The van der Waals surface area contributed by atoms with Gasteiger partial charge in [-0.25, -0.2) is 9.97 Å². The lowest BCUT2D eigenvalue weighted by Gasteiger charge is -2.03. The van der Waals surface area contributed by atoms with Crippen LogP contribution < -0.4 is 0 Å². The van der Waals surface area contributed by atoms with Crippen molar-refractivity contribution in [2.45, 2.75) is 13.3 Å². The van der Waals surface area contributed by atoms with E-state index in [1.54, 1.807) is 18.6 Å². The van der Waals surface area contributed by atoms with Gasteiger partial charge in [-0.05, 0) is 24.6 Å². The molecule has 3 aromatic heterocycles. The van der Waals surface area contributed by atoms with Gasteiger partial charge in [0.25, 0.3) is 0 Å². The van der Waals surface area contributed by atoms with Gasteiger partial charge in [0.1, 0.15) is 5.65 Å². The number of carboxylic acid groups (broad SMARTS) is 1. The van der Waals surface area contributed by atoms with Crippen LogP contribution >= 0.6 is 0 Å². The smallest absolute Gasteiger partial charge is 0.307 e. The normalized spacial score (nSPS) is 10.8. The van der Waals surface area contributed by atoms with Crippen molar-refractivity contribution < 1.29 is 9.90 Å². The number of H-pyrrole nitrogens is 1. The molecule has 3 rings (SSSR count). The van der Waals surface area contributed by atoms with E-state index in [0.29, 0.717) is 17.0 Å². The number of aromatic nitrogens is 4. The Kier molecular flexibility index (Phi) is 2.90. The van der Waals surface area contributed by atoms with Gasteiger partial charge in [-0.2, -0.15) is 0 Å². The molecule has 3 aromatic rings. The number of aromatic amines is 1. The maximum Gasteiger partial charge on any atom is 0.307 e. The van der Waals surface area contributed by atoms with E-state index in [0.717, 1.165) is 16.6 Å². The van der Waals surface area contributed by atoms with E-state index < -0.39 is 5.97 Å². The molecule has 0 amide bonds. The second-order valence-corrected chi connectivity index (χ2v) is 4.48. The van der Waals surface area contributed by atoms with Gasteiger partial charge in [0.2, 0.25) is 0 Å². The van der Waals surface area contributed by atoms with Crippen LogP contribution in [0.25, 0.3) is 22.4 Å². The first-order valence-electron chi connectivity index (χ1n) is 6.12. The average molecular weight is 268 g/mol. The highest BCUT2D eigenvalue weighted by atomic mass is 16.4. The summed E-state index contributed by atoms with van der Waals surface area (Å²) in [7, 11) is 0. The summed E-state index contributed by atoms with van der Waals surface area (Å²) in [6.07, 6.45) is 5.01. The topological polar surface area (TPSA) is 91.8 Å². The lowest BCUT2D eigenvalue weighted by atomic mass is 10.1. The number of nitrogens with one attached hydrogen (secondary N) is 1. The van der Waals surface area contributed by atoms with E-state index in [-0.39, 0.29) is 6.42 Å². The summed E-state index contributed by atoms with van der Waals surface area (Å²) in [5.41, 5.74) is 2.92. The van der Waals surface area contributed by atoms with Crippen LogP contribution in [0.3, 0.4) is 0 Å². The number of fused-ring (bicyclic) bond motifs is 1. The third kappa shape index (κ3) is 2.11. The fourth-order valence-corrected chi connectivity index (χ4v) is 2.22. The molecule has 0 aromatic carbocycles. The van der Waals surface area contributed by atoms with Crippen LogP contribution in [0.2, 0.25) is 0 Å². The van der Waals surface area contributed by atoms with Gasteiger partial charge in [-0.15, -0.1) is 0 Å². The first kappa shape index (κ1) is 12.3. The van der Waals surface area contributed by atoms with Crippen molar-refractivity contribution >= 4 is 17.0 Å². The minimum atomic E-state index is -0.873. The fraction of sp³-hybridized carbons (Fsp3) is 0.143. The zero-order chi connectivity index (χ0) is 14.1. The van der Waals surface area contributed by atoms with Crippen molar-refractivity contribution in [2.24, 2.45) is 0 Å². The molecule has 0 saturated carbocycles. The predicted molar refractivity (Wildman–Crippen MR) is 73.2 cm³/mol. The molecule has 0 atom stereocenters. The maximum absolute atomic E-state index is 10.8. The number of aliphatic carboxylic acids is 1. The molecule has 2 N–H and O–H groups in total. The molecule has 0 aliphatic rings. The van der Waals surface area contributed by atoms with Crippen molar-refractivity contribution in [2.75, 3.05) is 0 Å². The molecule has 6 nitrogen and oxygen atoms in total. The lowest BCUT2D eigenvalue weighted by Crippen LogP contribution is -2.00. The Balaban J connectivity index is 2.15. The molecule has 100 valence electrons. The molecular weight excluding hydrogens is 256 g/mol.